The first-order chi connectivity index (χ1) is 9.83. The molecule has 1 saturated heterocycles. The predicted octanol–water partition coefficient (Wildman–Crippen LogP) is 0.252. The molecule has 20 heavy (non-hydrogen) atoms. The average molecular weight is 277 g/mol. The Balaban J connectivity index is 1.40. The minimum absolute atomic E-state index is 0.296. The molecule has 1 saturated carbocycles. The molecular weight excluding hydrogens is 254 g/mol. The molecule has 0 bridgehead atoms. The zero-order chi connectivity index (χ0) is 13.4. The molecule has 2 fully saturated rings. The Morgan fingerprint density at radius 2 is 2.35 bits per heavy atom. The number of nitrogens with zero attached hydrogens (tertiary/aromatic N) is 4. The van der Waals surface area contributed by atoms with Gasteiger partial charge in [-0.2, -0.15) is 0 Å². The van der Waals surface area contributed by atoms with Gasteiger partial charge in [0, 0.05) is 44.2 Å². The van der Waals surface area contributed by atoms with E-state index in [4.69, 9.17) is 4.74 Å². The molecule has 1 atom stereocenters. The number of nitrogens with one attached hydrogen (secondary N) is 1. The molecule has 3 heterocycles. The summed E-state index contributed by atoms with van der Waals surface area (Å²) >= 11 is 0. The fraction of sp³-hybridized carbons (Fsp3) is 0.857. The van der Waals surface area contributed by atoms with Crippen molar-refractivity contribution < 1.29 is 4.74 Å². The van der Waals surface area contributed by atoms with Crippen molar-refractivity contribution in [3.05, 3.63) is 12.2 Å². The van der Waals surface area contributed by atoms with Crippen LogP contribution in [0.3, 0.4) is 0 Å². The Morgan fingerprint density at radius 1 is 1.40 bits per heavy atom. The van der Waals surface area contributed by atoms with Gasteiger partial charge in [0.1, 0.15) is 12.2 Å². The maximum atomic E-state index is 5.71. The van der Waals surface area contributed by atoms with Crippen LogP contribution in [0.5, 0.6) is 0 Å². The second-order valence-electron chi connectivity index (χ2n) is 6.61. The Bertz CT molecular complexity index is 464. The highest BCUT2D eigenvalue weighted by atomic mass is 16.5. The Hall–Kier alpha value is -0.980. The molecule has 1 aromatic rings. The molecule has 0 spiro atoms. The summed E-state index contributed by atoms with van der Waals surface area (Å²) in [6, 6.07) is 0.775. The lowest BCUT2D eigenvalue weighted by molar-refractivity contribution is 0.0931. The first kappa shape index (κ1) is 12.7. The minimum Gasteiger partial charge on any atom is -0.381 e. The number of rotatable bonds is 5. The molecule has 6 heteroatoms. The van der Waals surface area contributed by atoms with Gasteiger partial charge in [-0.3, -0.25) is 4.90 Å². The molecule has 4 rings (SSSR count). The van der Waals surface area contributed by atoms with Crippen molar-refractivity contribution >= 4 is 0 Å². The maximum Gasteiger partial charge on any atom is 0.147 e. The van der Waals surface area contributed by atoms with E-state index in [0.29, 0.717) is 5.41 Å². The number of aromatic nitrogens is 3. The highest BCUT2D eigenvalue weighted by Gasteiger charge is 2.38. The third-order valence-corrected chi connectivity index (χ3v) is 4.80. The maximum absolute atomic E-state index is 5.71. The van der Waals surface area contributed by atoms with E-state index in [9.17, 15) is 0 Å². The van der Waals surface area contributed by atoms with Gasteiger partial charge in [0.2, 0.25) is 0 Å². The molecule has 3 aliphatic rings. The second kappa shape index (κ2) is 5.09. The molecule has 1 aromatic heterocycles. The Kier molecular flexibility index (Phi) is 3.24. The molecule has 0 aromatic carbocycles. The lowest BCUT2D eigenvalue weighted by Crippen LogP contribution is -2.47. The summed E-state index contributed by atoms with van der Waals surface area (Å²) in [4.78, 5) is 2.52. The van der Waals surface area contributed by atoms with E-state index < -0.39 is 0 Å². The molecule has 2 aliphatic heterocycles. The van der Waals surface area contributed by atoms with Crippen LogP contribution in [-0.2, 0) is 17.8 Å². The monoisotopic (exact) mass is 277 g/mol. The lowest BCUT2D eigenvalue weighted by atomic mass is 9.86. The summed E-state index contributed by atoms with van der Waals surface area (Å²) < 4.78 is 7.87. The van der Waals surface area contributed by atoms with Crippen molar-refractivity contribution in [1.29, 1.82) is 0 Å². The largest absolute Gasteiger partial charge is 0.381 e. The van der Waals surface area contributed by atoms with Gasteiger partial charge in [0.25, 0.3) is 0 Å². The molecule has 1 unspecified atom stereocenters. The van der Waals surface area contributed by atoms with Crippen molar-refractivity contribution in [1.82, 2.24) is 25.0 Å². The van der Waals surface area contributed by atoms with Crippen LogP contribution in [0.2, 0.25) is 0 Å². The molecular formula is C14H23N5O. The van der Waals surface area contributed by atoms with Gasteiger partial charge in [0.15, 0.2) is 0 Å². The fourth-order valence-electron chi connectivity index (χ4n) is 3.34. The van der Waals surface area contributed by atoms with E-state index in [1.807, 2.05) is 6.33 Å². The van der Waals surface area contributed by atoms with E-state index in [0.717, 1.165) is 57.8 Å². The van der Waals surface area contributed by atoms with Gasteiger partial charge in [-0.25, -0.2) is 0 Å². The van der Waals surface area contributed by atoms with Crippen molar-refractivity contribution in [3.8, 4) is 0 Å². The normalized spacial score (nSPS) is 30.6. The SMILES string of the molecule is c1nnc2n1CCN(CC1(CNC3CC3)CCOC1)C2. The van der Waals surface area contributed by atoms with Crippen LogP contribution in [0, 0.1) is 5.41 Å². The zero-order valence-electron chi connectivity index (χ0n) is 11.9. The molecule has 1 aliphatic carbocycles. The van der Waals surface area contributed by atoms with Crippen molar-refractivity contribution in [3.63, 3.8) is 0 Å². The van der Waals surface area contributed by atoms with E-state index in [-0.39, 0.29) is 0 Å². The second-order valence-corrected chi connectivity index (χ2v) is 6.61. The summed E-state index contributed by atoms with van der Waals surface area (Å²) in [5, 5.41) is 11.9. The summed E-state index contributed by atoms with van der Waals surface area (Å²) in [6.45, 7) is 7.05. The number of ether oxygens (including phenoxy) is 1. The van der Waals surface area contributed by atoms with Crippen LogP contribution in [0.15, 0.2) is 6.33 Å². The third-order valence-electron chi connectivity index (χ3n) is 4.80. The van der Waals surface area contributed by atoms with Gasteiger partial charge < -0.3 is 14.6 Å². The van der Waals surface area contributed by atoms with Crippen LogP contribution in [0.4, 0.5) is 0 Å². The zero-order valence-corrected chi connectivity index (χ0v) is 11.9. The average Bonchev–Trinajstić information content (AvgIpc) is 2.98. The summed E-state index contributed by atoms with van der Waals surface area (Å²) in [5.74, 6) is 1.10. The smallest absolute Gasteiger partial charge is 0.147 e. The number of hydrogen-bond acceptors (Lipinski definition) is 5. The molecule has 1 N–H and O–H groups in total. The van der Waals surface area contributed by atoms with E-state index in [1.165, 1.54) is 19.3 Å². The van der Waals surface area contributed by atoms with Crippen molar-refractivity contribution in [2.24, 2.45) is 5.41 Å². The first-order valence-electron chi connectivity index (χ1n) is 7.73. The molecule has 0 radical (unpaired) electrons. The summed E-state index contributed by atoms with van der Waals surface area (Å²) in [5.41, 5.74) is 0.296. The first-order valence-corrected chi connectivity index (χ1v) is 7.73. The van der Waals surface area contributed by atoms with Gasteiger partial charge in [-0.05, 0) is 19.3 Å². The molecule has 0 amide bonds. The van der Waals surface area contributed by atoms with E-state index in [2.05, 4.69) is 25.0 Å². The standard InChI is InChI=1S/C14H23N5O/c1-2-12(1)15-8-14(3-6-20-10-14)9-18-4-5-19-11-16-17-13(19)7-18/h11-12,15H,1-10H2. The van der Waals surface area contributed by atoms with Crippen molar-refractivity contribution in [2.45, 2.75) is 38.4 Å². The summed E-state index contributed by atoms with van der Waals surface area (Å²) in [7, 11) is 0. The fourth-order valence-corrected chi connectivity index (χ4v) is 3.34. The van der Waals surface area contributed by atoms with Crippen LogP contribution in [0.25, 0.3) is 0 Å². The van der Waals surface area contributed by atoms with Gasteiger partial charge in [0.05, 0.1) is 13.2 Å². The van der Waals surface area contributed by atoms with Crippen LogP contribution in [-0.4, -0.2) is 58.6 Å². The quantitative estimate of drug-likeness (QED) is 0.836. The van der Waals surface area contributed by atoms with Gasteiger partial charge in [-0.1, -0.05) is 0 Å². The number of fused-ring (bicyclic) bond motifs is 1. The highest BCUT2D eigenvalue weighted by Crippen LogP contribution is 2.31. The number of hydrogen-bond donors (Lipinski definition) is 1. The minimum atomic E-state index is 0.296. The Labute approximate surface area is 119 Å². The summed E-state index contributed by atoms with van der Waals surface area (Å²) in [6.07, 6.45) is 5.72. The molecule has 6 nitrogen and oxygen atoms in total. The lowest BCUT2D eigenvalue weighted by Gasteiger charge is -2.36. The topological polar surface area (TPSA) is 55.2 Å². The molecule has 110 valence electrons. The van der Waals surface area contributed by atoms with E-state index >= 15 is 0 Å². The van der Waals surface area contributed by atoms with E-state index in [1.54, 1.807) is 0 Å². The highest BCUT2D eigenvalue weighted by molar-refractivity contribution is 4.95. The van der Waals surface area contributed by atoms with Gasteiger partial charge >= 0.3 is 0 Å². The van der Waals surface area contributed by atoms with Crippen molar-refractivity contribution in [2.75, 3.05) is 32.8 Å². The van der Waals surface area contributed by atoms with Crippen LogP contribution >= 0.6 is 0 Å². The predicted molar refractivity (Wildman–Crippen MR) is 74.2 cm³/mol. The van der Waals surface area contributed by atoms with Crippen LogP contribution < -0.4 is 5.32 Å². The Morgan fingerprint density at radius 3 is 3.15 bits per heavy atom. The van der Waals surface area contributed by atoms with Crippen LogP contribution in [0.1, 0.15) is 25.1 Å². The third kappa shape index (κ3) is 2.60. The van der Waals surface area contributed by atoms with Gasteiger partial charge in [-0.15, -0.1) is 10.2 Å².